The number of hydrogen-bond acceptors (Lipinski definition) is 1. The van der Waals surface area contributed by atoms with Crippen molar-refractivity contribution in [3.63, 3.8) is 0 Å². The van der Waals surface area contributed by atoms with Crippen LogP contribution in [0.5, 0.6) is 0 Å². The third kappa shape index (κ3) is 3.59. The Morgan fingerprint density at radius 2 is 2.29 bits per heavy atom. The van der Waals surface area contributed by atoms with Gasteiger partial charge in [-0.1, -0.05) is 12.1 Å². The molecule has 0 aliphatic carbocycles. The van der Waals surface area contributed by atoms with E-state index in [0.29, 0.717) is 12.8 Å². The fourth-order valence-electron chi connectivity index (χ4n) is 1.23. The van der Waals surface area contributed by atoms with Crippen molar-refractivity contribution in [2.75, 3.05) is 0 Å². The molecule has 14 heavy (non-hydrogen) atoms. The summed E-state index contributed by atoms with van der Waals surface area (Å²) in [6, 6.07) is 6.26. The van der Waals surface area contributed by atoms with Crippen LogP contribution < -0.4 is 0 Å². The van der Waals surface area contributed by atoms with Crippen molar-refractivity contribution in [2.24, 2.45) is 0 Å². The molecule has 0 aromatic heterocycles. The van der Waals surface area contributed by atoms with Crippen LogP contribution in [-0.2, 0) is 6.42 Å². The monoisotopic (exact) mass is 192 g/mol. The van der Waals surface area contributed by atoms with Crippen molar-refractivity contribution in [3.8, 4) is 11.8 Å². The van der Waals surface area contributed by atoms with Crippen molar-refractivity contribution in [2.45, 2.75) is 25.9 Å². The highest BCUT2D eigenvalue weighted by molar-refractivity contribution is 5.17. The molecule has 0 bridgehead atoms. The Labute approximate surface area is 83.6 Å². The van der Waals surface area contributed by atoms with Crippen LogP contribution in [0.1, 0.15) is 18.9 Å². The largest absolute Gasteiger partial charge is 0.392 e. The summed E-state index contributed by atoms with van der Waals surface area (Å²) in [7, 11) is 0. The van der Waals surface area contributed by atoms with E-state index in [1.54, 1.807) is 19.1 Å². The molecule has 1 N–H and O–H groups in total. The van der Waals surface area contributed by atoms with E-state index in [9.17, 15) is 9.50 Å². The van der Waals surface area contributed by atoms with Gasteiger partial charge in [-0.15, -0.1) is 11.8 Å². The van der Waals surface area contributed by atoms with Crippen LogP contribution in [0.25, 0.3) is 0 Å². The summed E-state index contributed by atoms with van der Waals surface area (Å²) in [5, 5.41) is 9.50. The second kappa shape index (κ2) is 5.41. The Morgan fingerprint density at radius 3 is 2.93 bits per heavy atom. The van der Waals surface area contributed by atoms with Gasteiger partial charge in [0.05, 0.1) is 6.10 Å². The number of aliphatic hydroxyl groups excluding tert-OH is 1. The molecule has 0 saturated heterocycles. The molecular weight excluding hydrogens is 179 g/mol. The SMILES string of the molecule is CC#CCC(O)Cc1cccc(F)c1. The van der Waals surface area contributed by atoms with Gasteiger partial charge >= 0.3 is 0 Å². The topological polar surface area (TPSA) is 20.2 Å². The van der Waals surface area contributed by atoms with Gasteiger partial charge in [0.25, 0.3) is 0 Å². The third-order valence-corrected chi connectivity index (χ3v) is 1.87. The van der Waals surface area contributed by atoms with E-state index in [0.717, 1.165) is 5.56 Å². The number of rotatable bonds is 3. The van der Waals surface area contributed by atoms with Crippen molar-refractivity contribution >= 4 is 0 Å². The maximum absolute atomic E-state index is 12.8. The van der Waals surface area contributed by atoms with E-state index in [-0.39, 0.29) is 5.82 Å². The summed E-state index contributed by atoms with van der Waals surface area (Å²) in [6.07, 6.45) is 0.378. The molecule has 0 fully saturated rings. The van der Waals surface area contributed by atoms with E-state index in [1.807, 2.05) is 0 Å². The van der Waals surface area contributed by atoms with Gasteiger partial charge < -0.3 is 5.11 Å². The zero-order valence-electron chi connectivity index (χ0n) is 8.13. The van der Waals surface area contributed by atoms with Crippen LogP contribution in [0.2, 0.25) is 0 Å². The van der Waals surface area contributed by atoms with Gasteiger partial charge in [-0.25, -0.2) is 4.39 Å². The van der Waals surface area contributed by atoms with Gasteiger partial charge in [0.15, 0.2) is 0 Å². The summed E-state index contributed by atoms with van der Waals surface area (Å²) < 4.78 is 12.8. The van der Waals surface area contributed by atoms with Crippen molar-refractivity contribution in [1.82, 2.24) is 0 Å². The van der Waals surface area contributed by atoms with Crippen molar-refractivity contribution in [1.29, 1.82) is 0 Å². The summed E-state index contributed by atoms with van der Waals surface area (Å²) in [5.74, 6) is 5.23. The predicted molar refractivity (Wildman–Crippen MR) is 54.2 cm³/mol. The Hall–Kier alpha value is -1.33. The zero-order chi connectivity index (χ0) is 10.4. The van der Waals surface area contributed by atoms with E-state index in [1.165, 1.54) is 12.1 Å². The molecule has 1 rings (SSSR count). The molecule has 1 unspecified atom stereocenters. The average molecular weight is 192 g/mol. The first kappa shape index (κ1) is 10.7. The van der Waals surface area contributed by atoms with E-state index in [2.05, 4.69) is 11.8 Å². The fraction of sp³-hybridized carbons (Fsp3) is 0.333. The lowest BCUT2D eigenvalue weighted by molar-refractivity contribution is 0.180. The molecule has 0 heterocycles. The summed E-state index contributed by atoms with van der Waals surface area (Å²) in [4.78, 5) is 0. The van der Waals surface area contributed by atoms with E-state index >= 15 is 0 Å². The second-order valence-electron chi connectivity index (χ2n) is 3.12. The lowest BCUT2D eigenvalue weighted by atomic mass is 10.1. The maximum atomic E-state index is 12.8. The first-order chi connectivity index (χ1) is 6.72. The van der Waals surface area contributed by atoms with Crippen LogP contribution in [0.15, 0.2) is 24.3 Å². The predicted octanol–water partition coefficient (Wildman–Crippen LogP) is 2.14. The highest BCUT2D eigenvalue weighted by Crippen LogP contribution is 2.07. The zero-order valence-corrected chi connectivity index (χ0v) is 8.13. The highest BCUT2D eigenvalue weighted by Gasteiger charge is 2.04. The first-order valence-electron chi connectivity index (χ1n) is 4.54. The van der Waals surface area contributed by atoms with Gasteiger partial charge in [0, 0.05) is 6.42 Å². The molecule has 0 radical (unpaired) electrons. The van der Waals surface area contributed by atoms with Crippen LogP contribution in [0.3, 0.4) is 0 Å². The molecule has 74 valence electrons. The lowest BCUT2D eigenvalue weighted by Crippen LogP contribution is -2.09. The Morgan fingerprint density at radius 1 is 1.50 bits per heavy atom. The Bertz CT molecular complexity index is 349. The molecule has 1 nitrogen and oxygen atoms in total. The average Bonchev–Trinajstić information content (AvgIpc) is 2.15. The van der Waals surface area contributed by atoms with Crippen LogP contribution in [0, 0.1) is 17.7 Å². The number of benzene rings is 1. The lowest BCUT2D eigenvalue weighted by Gasteiger charge is -2.06. The minimum absolute atomic E-state index is 0.267. The minimum atomic E-state index is -0.510. The molecule has 1 aromatic rings. The fourth-order valence-corrected chi connectivity index (χ4v) is 1.23. The van der Waals surface area contributed by atoms with Crippen molar-refractivity contribution in [3.05, 3.63) is 35.6 Å². The molecule has 0 spiro atoms. The molecule has 0 aliphatic heterocycles. The number of aliphatic hydroxyl groups is 1. The standard InChI is InChI=1S/C12H13FO/c1-2-3-7-12(14)9-10-5-4-6-11(13)8-10/h4-6,8,12,14H,7,9H2,1H3. The normalized spacial score (nSPS) is 11.6. The van der Waals surface area contributed by atoms with Crippen molar-refractivity contribution < 1.29 is 9.50 Å². The maximum Gasteiger partial charge on any atom is 0.123 e. The second-order valence-corrected chi connectivity index (χ2v) is 3.12. The molecule has 2 heteroatoms. The van der Waals surface area contributed by atoms with Crippen LogP contribution >= 0.6 is 0 Å². The molecular formula is C12H13FO. The molecule has 1 atom stereocenters. The molecule has 0 saturated carbocycles. The van der Waals surface area contributed by atoms with Gasteiger partial charge in [-0.2, -0.15) is 0 Å². The van der Waals surface area contributed by atoms with Crippen LogP contribution in [-0.4, -0.2) is 11.2 Å². The third-order valence-electron chi connectivity index (χ3n) is 1.87. The smallest absolute Gasteiger partial charge is 0.123 e. The van der Waals surface area contributed by atoms with E-state index < -0.39 is 6.10 Å². The quantitative estimate of drug-likeness (QED) is 0.727. The molecule has 1 aromatic carbocycles. The summed E-state index contributed by atoms with van der Waals surface area (Å²) >= 11 is 0. The van der Waals surface area contributed by atoms with E-state index in [4.69, 9.17) is 0 Å². The number of hydrogen-bond donors (Lipinski definition) is 1. The Kier molecular flexibility index (Phi) is 4.15. The Balaban J connectivity index is 2.54. The van der Waals surface area contributed by atoms with Gasteiger partial charge in [0.1, 0.15) is 5.82 Å². The van der Waals surface area contributed by atoms with Crippen LogP contribution in [0.4, 0.5) is 4.39 Å². The first-order valence-corrected chi connectivity index (χ1v) is 4.54. The molecule has 0 amide bonds. The minimum Gasteiger partial charge on any atom is -0.392 e. The summed E-state index contributed by atoms with van der Waals surface area (Å²) in [6.45, 7) is 1.73. The van der Waals surface area contributed by atoms with Gasteiger partial charge in [0.2, 0.25) is 0 Å². The molecule has 0 aliphatic rings. The van der Waals surface area contributed by atoms with Gasteiger partial charge in [-0.3, -0.25) is 0 Å². The van der Waals surface area contributed by atoms with Gasteiger partial charge in [-0.05, 0) is 31.0 Å². The number of halogens is 1. The highest BCUT2D eigenvalue weighted by atomic mass is 19.1. The summed E-state index contributed by atoms with van der Waals surface area (Å²) in [5.41, 5.74) is 0.801.